The zero-order chi connectivity index (χ0) is 18.8. The average Bonchev–Trinajstić information content (AvgIpc) is 3.07. The van der Waals surface area contributed by atoms with E-state index in [4.69, 9.17) is 0 Å². The molecule has 0 spiro atoms. The number of nitrogens with zero attached hydrogens (tertiary/aromatic N) is 3. The van der Waals surface area contributed by atoms with Crippen molar-refractivity contribution in [3.05, 3.63) is 72.2 Å². The summed E-state index contributed by atoms with van der Waals surface area (Å²) in [6.45, 7) is 4.59. The number of likely N-dealkylation sites (N-methyl/N-ethyl adjacent to an activating group) is 1. The molecule has 1 N–H and O–H groups in total. The minimum absolute atomic E-state index is 0.214. The Kier molecular flexibility index (Phi) is 5.25. The van der Waals surface area contributed by atoms with E-state index in [1.54, 1.807) is 12.1 Å². The fourth-order valence-corrected chi connectivity index (χ4v) is 3.99. The van der Waals surface area contributed by atoms with Crippen LogP contribution in [0.25, 0.3) is 10.9 Å². The molecule has 5 heteroatoms. The lowest BCUT2D eigenvalue weighted by atomic mass is 10.00. The molecular weight excluding hydrogens is 341 g/mol. The van der Waals surface area contributed by atoms with Crippen LogP contribution in [0.1, 0.15) is 11.6 Å². The monoisotopic (exact) mass is 367 g/mol. The molecule has 4 nitrogen and oxygen atoms in total. The van der Waals surface area contributed by atoms with E-state index in [1.165, 1.54) is 6.07 Å². The van der Waals surface area contributed by atoms with Gasteiger partial charge in [0.2, 0.25) is 0 Å². The molecule has 2 atom stereocenters. The van der Waals surface area contributed by atoms with Crippen LogP contribution in [0.2, 0.25) is 0 Å². The van der Waals surface area contributed by atoms with Crippen LogP contribution in [0.3, 0.4) is 0 Å². The Bertz CT molecular complexity index is 887. The molecular formula is C22H26FN3O. The molecule has 0 bridgehead atoms. The van der Waals surface area contributed by atoms with Crippen molar-refractivity contribution in [3.8, 4) is 0 Å². The second-order valence-electron chi connectivity index (χ2n) is 7.45. The third-order valence-corrected chi connectivity index (χ3v) is 5.53. The lowest BCUT2D eigenvalue weighted by Gasteiger charge is -2.36. The molecule has 142 valence electrons. The zero-order valence-electron chi connectivity index (χ0n) is 15.6. The number of aliphatic hydroxyl groups is 1. The van der Waals surface area contributed by atoms with Crippen LogP contribution in [-0.4, -0.2) is 65.3 Å². The fourth-order valence-electron chi connectivity index (χ4n) is 3.99. The largest absolute Gasteiger partial charge is 0.389 e. The molecule has 4 rings (SSSR count). The van der Waals surface area contributed by atoms with Crippen molar-refractivity contribution in [3.63, 3.8) is 0 Å². The van der Waals surface area contributed by atoms with Crippen molar-refractivity contribution in [1.29, 1.82) is 0 Å². The average molecular weight is 367 g/mol. The lowest BCUT2D eigenvalue weighted by Crippen LogP contribution is -2.48. The molecule has 27 heavy (non-hydrogen) atoms. The molecule has 2 aromatic carbocycles. The molecule has 0 radical (unpaired) electrons. The number of aromatic nitrogens is 1. The summed E-state index contributed by atoms with van der Waals surface area (Å²) < 4.78 is 15.7. The topological polar surface area (TPSA) is 31.6 Å². The van der Waals surface area contributed by atoms with Crippen molar-refractivity contribution in [2.24, 2.45) is 0 Å². The molecule has 2 unspecified atom stereocenters. The first kappa shape index (κ1) is 18.2. The summed E-state index contributed by atoms with van der Waals surface area (Å²) in [6, 6.07) is 16.6. The summed E-state index contributed by atoms with van der Waals surface area (Å²) in [7, 11) is 2.13. The Labute approximate surface area is 159 Å². The summed E-state index contributed by atoms with van der Waals surface area (Å²) in [5.74, 6) is -0.241. The number of β-amino-alcohol motifs (C(OH)–C–C–N with tert-alkyl or cyclic N) is 1. The number of piperazine rings is 1. The van der Waals surface area contributed by atoms with Crippen LogP contribution < -0.4 is 0 Å². The Morgan fingerprint density at radius 3 is 2.48 bits per heavy atom. The number of hydrogen-bond donors (Lipinski definition) is 1. The highest BCUT2D eigenvalue weighted by molar-refractivity contribution is 5.80. The first-order valence-electron chi connectivity index (χ1n) is 9.52. The van der Waals surface area contributed by atoms with Gasteiger partial charge in [0.25, 0.3) is 0 Å². The molecule has 0 amide bonds. The van der Waals surface area contributed by atoms with Crippen LogP contribution in [-0.2, 0) is 0 Å². The normalized spacial score (nSPS) is 18.6. The maximum absolute atomic E-state index is 13.6. The second-order valence-corrected chi connectivity index (χ2v) is 7.45. The Balaban J connectivity index is 1.66. The van der Waals surface area contributed by atoms with Gasteiger partial charge in [-0.15, -0.1) is 0 Å². The SMILES string of the molecule is CN1CCN(CC(O)C(c2ccccc2)n2ccc3cc(F)ccc32)CC1. The van der Waals surface area contributed by atoms with Gasteiger partial charge in [0.15, 0.2) is 0 Å². The molecule has 1 aliphatic heterocycles. The smallest absolute Gasteiger partial charge is 0.123 e. The Hall–Kier alpha value is -2.21. The Morgan fingerprint density at radius 2 is 1.74 bits per heavy atom. The third kappa shape index (κ3) is 3.90. The van der Waals surface area contributed by atoms with Gasteiger partial charge in [0, 0.05) is 49.8 Å². The van der Waals surface area contributed by atoms with Crippen LogP contribution in [0, 0.1) is 5.82 Å². The predicted octanol–water partition coefficient (Wildman–Crippen LogP) is 2.98. The van der Waals surface area contributed by atoms with Gasteiger partial charge in [-0.25, -0.2) is 4.39 Å². The van der Waals surface area contributed by atoms with E-state index < -0.39 is 6.10 Å². The number of fused-ring (bicyclic) bond motifs is 1. The van der Waals surface area contributed by atoms with Gasteiger partial charge in [-0.1, -0.05) is 30.3 Å². The second kappa shape index (κ2) is 7.80. The van der Waals surface area contributed by atoms with Gasteiger partial charge in [0.1, 0.15) is 5.82 Å². The molecule has 0 saturated carbocycles. The summed E-state index contributed by atoms with van der Waals surface area (Å²) in [6.07, 6.45) is 1.39. The number of rotatable bonds is 5. The van der Waals surface area contributed by atoms with Gasteiger partial charge in [-0.2, -0.15) is 0 Å². The summed E-state index contributed by atoms with van der Waals surface area (Å²) >= 11 is 0. The quantitative estimate of drug-likeness (QED) is 0.752. The maximum Gasteiger partial charge on any atom is 0.123 e. The van der Waals surface area contributed by atoms with Crippen LogP contribution in [0.5, 0.6) is 0 Å². The van der Waals surface area contributed by atoms with E-state index in [9.17, 15) is 9.50 Å². The molecule has 2 heterocycles. The van der Waals surface area contributed by atoms with E-state index in [2.05, 4.69) is 21.4 Å². The van der Waals surface area contributed by atoms with Gasteiger partial charge < -0.3 is 14.6 Å². The highest BCUT2D eigenvalue weighted by atomic mass is 19.1. The Morgan fingerprint density at radius 1 is 1.00 bits per heavy atom. The lowest BCUT2D eigenvalue weighted by molar-refractivity contribution is 0.0594. The first-order chi connectivity index (χ1) is 13.1. The van der Waals surface area contributed by atoms with E-state index in [1.807, 2.05) is 42.6 Å². The molecule has 1 fully saturated rings. The van der Waals surface area contributed by atoms with Gasteiger partial charge in [0.05, 0.1) is 12.1 Å². The van der Waals surface area contributed by atoms with Crippen molar-refractivity contribution < 1.29 is 9.50 Å². The molecule has 0 aliphatic carbocycles. The standard InChI is InChI=1S/C22H26FN3O/c1-24-11-13-25(14-12-24)16-21(27)22(17-5-3-2-4-6-17)26-10-9-18-15-19(23)7-8-20(18)26/h2-10,15,21-22,27H,11-14,16H2,1H3. The molecule has 3 aromatic rings. The van der Waals surface area contributed by atoms with Gasteiger partial charge in [-0.05, 0) is 36.9 Å². The number of aliphatic hydroxyl groups excluding tert-OH is 1. The first-order valence-corrected chi connectivity index (χ1v) is 9.52. The fraction of sp³-hybridized carbons (Fsp3) is 0.364. The van der Waals surface area contributed by atoms with E-state index in [0.717, 1.165) is 42.6 Å². The number of benzene rings is 2. The van der Waals surface area contributed by atoms with Crippen molar-refractivity contribution in [1.82, 2.24) is 14.4 Å². The number of halogens is 1. The minimum atomic E-state index is -0.559. The van der Waals surface area contributed by atoms with E-state index >= 15 is 0 Å². The molecule has 1 saturated heterocycles. The minimum Gasteiger partial charge on any atom is -0.389 e. The summed E-state index contributed by atoms with van der Waals surface area (Å²) in [5.41, 5.74) is 1.99. The van der Waals surface area contributed by atoms with Gasteiger partial charge >= 0.3 is 0 Å². The van der Waals surface area contributed by atoms with E-state index in [0.29, 0.717) is 6.54 Å². The third-order valence-electron chi connectivity index (χ3n) is 5.53. The predicted molar refractivity (Wildman–Crippen MR) is 106 cm³/mol. The van der Waals surface area contributed by atoms with Crippen LogP contribution in [0.15, 0.2) is 60.8 Å². The van der Waals surface area contributed by atoms with Crippen LogP contribution in [0.4, 0.5) is 4.39 Å². The van der Waals surface area contributed by atoms with E-state index in [-0.39, 0.29) is 11.9 Å². The van der Waals surface area contributed by atoms with Crippen molar-refractivity contribution in [2.45, 2.75) is 12.1 Å². The highest BCUT2D eigenvalue weighted by Gasteiger charge is 2.27. The number of hydrogen-bond acceptors (Lipinski definition) is 3. The van der Waals surface area contributed by atoms with Crippen molar-refractivity contribution >= 4 is 10.9 Å². The van der Waals surface area contributed by atoms with Crippen LogP contribution >= 0.6 is 0 Å². The van der Waals surface area contributed by atoms with Crippen molar-refractivity contribution in [2.75, 3.05) is 39.8 Å². The van der Waals surface area contributed by atoms with Gasteiger partial charge in [-0.3, -0.25) is 4.90 Å². The molecule has 1 aromatic heterocycles. The summed E-state index contributed by atoms with van der Waals surface area (Å²) in [4.78, 5) is 4.64. The zero-order valence-corrected chi connectivity index (χ0v) is 15.6. The summed E-state index contributed by atoms with van der Waals surface area (Å²) in [5, 5.41) is 12.1. The highest BCUT2D eigenvalue weighted by Crippen LogP contribution is 2.29. The molecule has 1 aliphatic rings. The maximum atomic E-state index is 13.6.